The van der Waals surface area contributed by atoms with Crippen molar-refractivity contribution in [3.8, 4) is 0 Å². The van der Waals surface area contributed by atoms with Gasteiger partial charge in [0, 0.05) is 0 Å². The standard InChI is InChI=1S/C11H21N/c1-2-6-11(5-1)7-3-9-12-10-4-8-11/h12H,1-10H2. The highest BCUT2D eigenvalue weighted by molar-refractivity contribution is 4.85. The summed E-state index contributed by atoms with van der Waals surface area (Å²) >= 11 is 0. The van der Waals surface area contributed by atoms with Gasteiger partial charge in [0.05, 0.1) is 0 Å². The molecule has 2 rings (SSSR count). The van der Waals surface area contributed by atoms with Gasteiger partial charge in [-0.15, -0.1) is 0 Å². The number of rotatable bonds is 0. The molecule has 1 aliphatic heterocycles. The molecule has 70 valence electrons. The van der Waals surface area contributed by atoms with E-state index in [0.29, 0.717) is 0 Å². The lowest BCUT2D eigenvalue weighted by Gasteiger charge is -2.31. The fourth-order valence-corrected chi connectivity index (χ4v) is 3.05. The van der Waals surface area contributed by atoms with Gasteiger partial charge in [0.25, 0.3) is 0 Å². The van der Waals surface area contributed by atoms with Crippen molar-refractivity contribution in [1.29, 1.82) is 0 Å². The number of hydrogen-bond acceptors (Lipinski definition) is 1. The molecule has 2 aliphatic rings. The molecular weight excluding hydrogens is 146 g/mol. The summed E-state index contributed by atoms with van der Waals surface area (Å²) in [6.45, 7) is 2.53. The predicted molar refractivity (Wildman–Crippen MR) is 52.2 cm³/mol. The monoisotopic (exact) mass is 167 g/mol. The molecule has 1 spiro atoms. The van der Waals surface area contributed by atoms with Gasteiger partial charge >= 0.3 is 0 Å². The Bertz CT molecular complexity index is 126. The highest BCUT2D eigenvalue weighted by Gasteiger charge is 2.32. The SMILES string of the molecule is C1CCC2(C1)CCCNCCC2. The van der Waals surface area contributed by atoms with Crippen LogP contribution in [0.4, 0.5) is 0 Å². The van der Waals surface area contributed by atoms with E-state index in [4.69, 9.17) is 0 Å². The van der Waals surface area contributed by atoms with Crippen molar-refractivity contribution in [2.75, 3.05) is 13.1 Å². The van der Waals surface area contributed by atoms with Crippen LogP contribution < -0.4 is 5.32 Å². The Labute approximate surface area is 75.9 Å². The Morgan fingerprint density at radius 1 is 0.667 bits per heavy atom. The fraction of sp³-hybridized carbons (Fsp3) is 1.00. The molecule has 0 unspecified atom stereocenters. The van der Waals surface area contributed by atoms with Gasteiger partial charge in [-0.1, -0.05) is 12.8 Å². The van der Waals surface area contributed by atoms with E-state index in [1.54, 1.807) is 0 Å². The van der Waals surface area contributed by atoms with Gasteiger partial charge in [0.2, 0.25) is 0 Å². The summed E-state index contributed by atoms with van der Waals surface area (Å²) in [5, 5.41) is 3.49. The van der Waals surface area contributed by atoms with Gasteiger partial charge in [-0.25, -0.2) is 0 Å². The summed E-state index contributed by atoms with van der Waals surface area (Å²) in [6, 6.07) is 0. The van der Waals surface area contributed by atoms with Crippen LogP contribution in [0.2, 0.25) is 0 Å². The highest BCUT2D eigenvalue weighted by atomic mass is 14.8. The van der Waals surface area contributed by atoms with Crippen LogP contribution in [0.15, 0.2) is 0 Å². The second-order valence-electron chi connectivity index (χ2n) is 4.66. The second-order valence-corrected chi connectivity index (χ2v) is 4.66. The van der Waals surface area contributed by atoms with Gasteiger partial charge in [-0.05, 0) is 57.0 Å². The molecule has 2 fully saturated rings. The summed E-state index contributed by atoms with van der Waals surface area (Å²) in [4.78, 5) is 0. The Morgan fingerprint density at radius 3 is 1.75 bits per heavy atom. The Balaban J connectivity index is 1.92. The topological polar surface area (TPSA) is 12.0 Å². The molecule has 1 saturated carbocycles. The average molecular weight is 167 g/mol. The third-order valence-electron chi connectivity index (χ3n) is 3.79. The number of nitrogens with one attached hydrogen (secondary N) is 1. The van der Waals surface area contributed by atoms with Gasteiger partial charge < -0.3 is 5.32 Å². The minimum absolute atomic E-state index is 0.808. The summed E-state index contributed by atoms with van der Waals surface area (Å²) in [7, 11) is 0. The smallest absolute Gasteiger partial charge is 0.00487 e. The lowest BCUT2D eigenvalue weighted by Crippen LogP contribution is -2.26. The van der Waals surface area contributed by atoms with E-state index in [-0.39, 0.29) is 0 Å². The van der Waals surface area contributed by atoms with E-state index < -0.39 is 0 Å². The molecule has 1 heterocycles. The molecule has 0 aromatic heterocycles. The zero-order valence-corrected chi connectivity index (χ0v) is 8.07. The first-order valence-corrected chi connectivity index (χ1v) is 5.62. The molecule has 1 nitrogen and oxygen atoms in total. The third-order valence-corrected chi connectivity index (χ3v) is 3.79. The average Bonchev–Trinajstić information content (AvgIpc) is 2.47. The van der Waals surface area contributed by atoms with E-state index in [0.717, 1.165) is 5.41 Å². The van der Waals surface area contributed by atoms with E-state index in [9.17, 15) is 0 Å². The maximum Gasteiger partial charge on any atom is -0.00487 e. The zero-order chi connectivity index (χ0) is 8.28. The van der Waals surface area contributed by atoms with Crippen LogP contribution in [-0.4, -0.2) is 13.1 Å². The minimum Gasteiger partial charge on any atom is -0.317 e. The van der Waals surface area contributed by atoms with Crippen molar-refractivity contribution >= 4 is 0 Å². The van der Waals surface area contributed by atoms with Crippen LogP contribution in [0.1, 0.15) is 51.4 Å². The van der Waals surface area contributed by atoms with Crippen molar-refractivity contribution < 1.29 is 0 Å². The largest absolute Gasteiger partial charge is 0.317 e. The Morgan fingerprint density at radius 2 is 1.17 bits per heavy atom. The molecule has 0 bridgehead atoms. The van der Waals surface area contributed by atoms with Crippen molar-refractivity contribution in [1.82, 2.24) is 5.32 Å². The summed E-state index contributed by atoms with van der Waals surface area (Å²) in [5.41, 5.74) is 0.808. The highest BCUT2D eigenvalue weighted by Crippen LogP contribution is 2.45. The molecule has 1 aliphatic carbocycles. The molecule has 0 aromatic carbocycles. The predicted octanol–water partition coefficient (Wildman–Crippen LogP) is 2.71. The minimum atomic E-state index is 0.808. The fourth-order valence-electron chi connectivity index (χ4n) is 3.05. The van der Waals surface area contributed by atoms with Gasteiger partial charge in [0.1, 0.15) is 0 Å². The van der Waals surface area contributed by atoms with Crippen LogP contribution in [0.5, 0.6) is 0 Å². The molecule has 1 saturated heterocycles. The number of hydrogen-bond donors (Lipinski definition) is 1. The summed E-state index contributed by atoms with van der Waals surface area (Å²) in [5.74, 6) is 0. The first kappa shape index (κ1) is 8.55. The van der Waals surface area contributed by atoms with E-state index >= 15 is 0 Å². The van der Waals surface area contributed by atoms with Crippen molar-refractivity contribution in [2.45, 2.75) is 51.4 Å². The third kappa shape index (κ3) is 1.82. The molecule has 0 amide bonds. The van der Waals surface area contributed by atoms with Gasteiger partial charge in [0.15, 0.2) is 0 Å². The summed E-state index contributed by atoms with van der Waals surface area (Å²) < 4.78 is 0. The van der Waals surface area contributed by atoms with Crippen LogP contribution in [0.25, 0.3) is 0 Å². The molecule has 12 heavy (non-hydrogen) atoms. The van der Waals surface area contributed by atoms with Gasteiger partial charge in [-0.2, -0.15) is 0 Å². The Hall–Kier alpha value is -0.0400. The van der Waals surface area contributed by atoms with Crippen molar-refractivity contribution in [3.63, 3.8) is 0 Å². The van der Waals surface area contributed by atoms with Crippen LogP contribution >= 0.6 is 0 Å². The lowest BCUT2D eigenvalue weighted by atomic mass is 9.77. The van der Waals surface area contributed by atoms with Crippen molar-refractivity contribution in [2.24, 2.45) is 5.41 Å². The first-order chi connectivity index (χ1) is 5.91. The van der Waals surface area contributed by atoms with Crippen LogP contribution in [0, 0.1) is 5.41 Å². The molecule has 1 N–H and O–H groups in total. The molecule has 0 atom stereocenters. The van der Waals surface area contributed by atoms with Crippen molar-refractivity contribution in [3.05, 3.63) is 0 Å². The molecule has 1 heteroatoms. The van der Waals surface area contributed by atoms with Crippen LogP contribution in [0.3, 0.4) is 0 Å². The molecule has 0 aromatic rings. The van der Waals surface area contributed by atoms with E-state index in [1.165, 1.54) is 64.5 Å². The van der Waals surface area contributed by atoms with Gasteiger partial charge in [-0.3, -0.25) is 0 Å². The maximum atomic E-state index is 3.49. The summed E-state index contributed by atoms with van der Waals surface area (Å²) in [6.07, 6.45) is 11.9. The normalized spacial score (nSPS) is 30.0. The Kier molecular flexibility index (Phi) is 2.69. The van der Waals surface area contributed by atoms with E-state index in [1.807, 2.05) is 0 Å². The maximum absolute atomic E-state index is 3.49. The first-order valence-electron chi connectivity index (χ1n) is 5.62. The lowest BCUT2D eigenvalue weighted by molar-refractivity contribution is 0.222. The quantitative estimate of drug-likeness (QED) is 0.585. The van der Waals surface area contributed by atoms with Crippen LogP contribution in [-0.2, 0) is 0 Å². The molecule has 0 radical (unpaired) electrons. The molecular formula is C11H21N. The van der Waals surface area contributed by atoms with E-state index in [2.05, 4.69) is 5.32 Å². The second kappa shape index (κ2) is 3.78. The zero-order valence-electron chi connectivity index (χ0n) is 8.07.